The maximum Gasteiger partial charge on any atom is 0.238 e. The van der Waals surface area contributed by atoms with E-state index in [9.17, 15) is 13.5 Å². The summed E-state index contributed by atoms with van der Waals surface area (Å²) < 4.78 is 22.6. The molecule has 5 nitrogen and oxygen atoms in total. The highest BCUT2D eigenvalue weighted by Gasteiger charge is 2.21. The SMILES string of the molecule is CCC(C)(CO)CNc1cc(S(N)(=O)=O)ccc1C. The topological polar surface area (TPSA) is 92.4 Å². The maximum atomic E-state index is 11.3. The molecule has 0 aromatic heterocycles. The fourth-order valence-corrected chi connectivity index (χ4v) is 2.11. The molecule has 1 unspecified atom stereocenters. The van der Waals surface area contributed by atoms with Crippen LogP contribution in [-0.2, 0) is 10.0 Å². The summed E-state index contributed by atoms with van der Waals surface area (Å²) in [6.45, 7) is 6.50. The van der Waals surface area contributed by atoms with Crippen LogP contribution in [0.15, 0.2) is 23.1 Å². The fourth-order valence-electron chi connectivity index (χ4n) is 1.57. The van der Waals surface area contributed by atoms with E-state index >= 15 is 0 Å². The van der Waals surface area contributed by atoms with Crippen molar-refractivity contribution in [2.24, 2.45) is 10.6 Å². The Kier molecular flexibility index (Phi) is 4.95. The van der Waals surface area contributed by atoms with Crippen LogP contribution in [-0.4, -0.2) is 26.7 Å². The number of aryl methyl sites for hydroxylation is 1. The van der Waals surface area contributed by atoms with Crippen LogP contribution in [0.2, 0.25) is 0 Å². The van der Waals surface area contributed by atoms with Crippen molar-refractivity contribution in [1.29, 1.82) is 0 Å². The lowest BCUT2D eigenvalue weighted by molar-refractivity contribution is 0.149. The average molecular weight is 286 g/mol. The van der Waals surface area contributed by atoms with E-state index in [2.05, 4.69) is 5.32 Å². The lowest BCUT2D eigenvalue weighted by Crippen LogP contribution is -2.29. The van der Waals surface area contributed by atoms with Crippen LogP contribution < -0.4 is 10.5 Å². The molecule has 1 aromatic rings. The van der Waals surface area contributed by atoms with Crippen LogP contribution in [0, 0.1) is 12.3 Å². The highest BCUT2D eigenvalue weighted by Crippen LogP contribution is 2.24. The second-order valence-corrected chi connectivity index (χ2v) is 6.76. The first-order valence-corrected chi connectivity index (χ1v) is 7.75. The molecule has 0 fully saturated rings. The van der Waals surface area contributed by atoms with Gasteiger partial charge in [-0.2, -0.15) is 0 Å². The number of anilines is 1. The number of hydrogen-bond donors (Lipinski definition) is 3. The quantitative estimate of drug-likeness (QED) is 0.738. The summed E-state index contributed by atoms with van der Waals surface area (Å²) >= 11 is 0. The lowest BCUT2D eigenvalue weighted by atomic mass is 9.88. The number of hydrogen-bond acceptors (Lipinski definition) is 4. The number of primary sulfonamides is 1. The number of benzene rings is 1. The summed E-state index contributed by atoms with van der Waals surface area (Å²) in [7, 11) is -3.70. The van der Waals surface area contributed by atoms with E-state index < -0.39 is 10.0 Å². The molecular weight excluding hydrogens is 264 g/mol. The summed E-state index contributed by atoms with van der Waals surface area (Å²) in [6, 6.07) is 4.73. The first-order chi connectivity index (χ1) is 8.72. The lowest BCUT2D eigenvalue weighted by Gasteiger charge is -2.27. The molecular formula is C13H22N2O3S. The molecule has 0 spiro atoms. The molecule has 0 radical (unpaired) electrons. The van der Waals surface area contributed by atoms with E-state index in [0.29, 0.717) is 6.54 Å². The van der Waals surface area contributed by atoms with E-state index in [-0.39, 0.29) is 16.9 Å². The van der Waals surface area contributed by atoms with E-state index in [1.165, 1.54) is 12.1 Å². The standard InChI is InChI=1S/C13H22N2O3S/c1-4-13(3,9-16)8-15-12-7-11(19(14,17)18)6-5-10(12)2/h5-7,15-16H,4,8-9H2,1-3H3,(H2,14,17,18). The Morgan fingerprint density at radius 3 is 2.53 bits per heavy atom. The highest BCUT2D eigenvalue weighted by molar-refractivity contribution is 7.89. The van der Waals surface area contributed by atoms with Gasteiger partial charge in [-0.1, -0.05) is 19.9 Å². The molecule has 19 heavy (non-hydrogen) atoms. The molecule has 0 amide bonds. The van der Waals surface area contributed by atoms with E-state index in [0.717, 1.165) is 17.7 Å². The smallest absolute Gasteiger partial charge is 0.238 e. The van der Waals surface area contributed by atoms with Gasteiger partial charge in [0.05, 0.1) is 11.5 Å². The molecule has 0 aliphatic carbocycles. The van der Waals surface area contributed by atoms with Crippen LogP contribution in [0.3, 0.4) is 0 Å². The number of rotatable bonds is 6. The number of nitrogens with two attached hydrogens (primary N) is 1. The largest absolute Gasteiger partial charge is 0.396 e. The third-order valence-corrected chi connectivity index (χ3v) is 4.39. The first kappa shape index (κ1) is 15.9. The molecule has 1 aromatic carbocycles. The molecule has 0 bridgehead atoms. The molecule has 0 aliphatic rings. The summed E-state index contributed by atoms with van der Waals surface area (Å²) in [6.07, 6.45) is 0.824. The van der Waals surface area contributed by atoms with Crippen LogP contribution in [0.25, 0.3) is 0 Å². The van der Waals surface area contributed by atoms with Crippen molar-refractivity contribution < 1.29 is 13.5 Å². The van der Waals surface area contributed by atoms with Crippen molar-refractivity contribution in [3.05, 3.63) is 23.8 Å². The highest BCUT2D eigenvalue weighted by atomic mass is 32.2. The van der Waals surface area contributed by atoms with Crippen molar-refractivity contribution >= 4 is 15.7 Å². The first-order valence-electron chi connectivity index (χ1n) is 6.20. The second-order valence-electron chi connectivity index (χ2n) is 5.20. The Hall–Kier alpha value is -1.11. The van der Waals surface area contributed by atoms with Crippen LogP contribution in [0.4, 0.5) is 5.69 Å². The van der Waals surface area contributed by atoms with Crippen LogP contribution in [0.5, 0.6) is 0 Å². The summed E-state index contributed by atoms with van der Waals surface area (Å²) in [5.41, 5.74) is 1.42. The number of nitrogens with one attached hydrogen (secondary N) is 1. The van der Waals surface area contributed by atoms with Crippen molar-refractivity contribution in [1.82, 2.24) is 0 Å². The van der Waals surface area contributed by atoms with E-state index in [4.69, 9.17) is 5.14 Å². The molecule has 1 rings (SSSR count). The Morgan fingerprint density at radius 1 is 1.42 bits per heavy atom. The normalized spacial score (nSPS) is 15.0. The van der Waals surface area contributed by atoms with Gasteiger partial charge < -0.3 is 10.4 Å². The maximum absolute atomic E-state index is 11.3. The van der Waals surface area contributed by atoms with Crippen molar-refractivity contribution in [3.63, 3.8) is 0 Å². The fraction of sp³-hybridized carbons (Fsp3) is 0.538. The summed E-state index contributed by atoms with van der Waals surface area (Å²) in [5.74, 6) is 0. The Bertz CT molecular complexity index is 537. The zero-order valence-electron chi connectivity index (χ0n) is 11.6. The number of sulfonamides is 1. The minimum Gasteiger partial charge on any atom is -0.396 e. The van der Waals surface area contributed by atoms with Gasteiger partial charge in [-0.3, -0.25) is 0 Å². The summed E-state index contributed by atoms with van der Waals surface area (Å²) in [5, 5.41) is 17.7. The van der Waals surface area contributed by atoms with Gasteiger partial charge in [0, 0.05) is 17.6 Å². The average Bonchev–Trinajstić information content (AvgIpc) is 2.36. The Balaban J connectivity index is 2.96. The second kappa shape index (κ2) is 5.90. The Labute approximate surface area is 114 Å². The van der Waals surface area contributed by atoms with Gasteiger partial charge in [0.1, 0.15) is 0 Å². The predicted molar refractivity (Wildman–Crippen MR) is 76.5 cm³/mol. The third-order valence-electron chi connectivity index (χ3n) is 3.48. The van der Waals surface area contributed by atoms with Crippen molar-refractivity contribution in [2.45, 2.75) is 32.1 Å². The number of aliphatic hydroxyl groups excluding tert-OH is 1. The van der Waals surface area contributed by atoms with Crippen LogP contribution >= 0.6 is 0 Å². The zero-order valence-corrected chi connectivity index (χ0v) is 12.4. The van der Waals surface area contributed by atoms with Gasteiger partial charge in [0.25, 0.3) is 0 Å². The summed E-state index contributed by atoms with van der Waals surface area (Å²) in [4.78, 5) is 0.0859. The number of aliphatic hydroxyl groups is 1. The van der Waals surface area contributed by atoms with E-state index in [1.54, 1.807) is 6.07 Å². The molecule has 1 atom stereocenters. The van der Waals surface area contributed by atoms with Gasteiger partial charge in [-0.15, -0.1) is 0 Å². The van der Waals surface area contributed by atoms with Gasteiger partial charge in [-0.05, 0) is 31.0 Å². The minimum absolute atomic E-state index is 0.0738. The third kappa shape index (κ3) is 4.19. The molecule has 108 valence electrons. The van der Waals surface area contributed by atoms with Gasteiger partial charge in [-0.25, -0.2) is 13.6 Å². The minimum atomic E-state index is -3.70. The van der Waals surface area contributed by atoms with Gasteiger partial charge >= 0.3 is 0 Å². The monoisotopic (exact) mass is 286 g/mol. The molecule has 0 saturated carbocycles. The van der Waals surface area contributed by atoms with Crippen molar-refractivity contribution in [3.8, 4) is 0 Å². The molecule has 0 aliphatic heterocycles. The van der Waals surface area contributed by atoms with Gasteiger partial charge in [0.15, 0.2) is 0 Å². The predicted octanol–water partition coefficient (Wildman–Crippen LogP) is 1.46. The van der Waals surface area contributed by atoms with E-state index in [1.807, 2.05) is 20.8 Å². The van der Waals surface area contributed by atoms with Crippen molar-refractivity contribution in [2.75, 3.05) is 18.5 Å². The molecule has 6 heteroatoms. The van der Waals surface area contributed by atoms with Crippen LogP contribution in [0.1, 0.15) is 25.8 Å². The molecule has 4 N–H and O–H groups in total. The zero-order chi connectivity index (χ0) is 14.7. The Morgan fingerprint density at radius 2 is 2.05 bits per heavy atom. The molecule has 0 heterocycles. The van der Waals surface area contributed by atoms with Gasteiger partial charge in [0.2, 0.25) is 10.0 Å². The molecule has 0 saturated heterocycles.